The van der Waals surface area contributed by atoms with Gasteiger partial charge in [-0.1, -0.05) is 12.1 Å². The number of ketones is 1. The monoisotopic (exact) mass is 288 g/mol. The summed E-state index contributed by atoms with van der Waals surface area (Å²) in [7, 11) is 0. The van der Waals surface area contributed by atoms with E-state index in [2.05, 4.69) is 10.3 Å². The van der Waals surface area contributed by atoms with Gasteiger partial charge >= 0.3 is 0 Å². The molecule has 0 saturated heterocycles. The van der Waals surface area contributed by atoms with Crippen molar-refractivity contribution >= 4 is 11.5 Å². The number of hydrogen-bond donors (Lipinski definition) is 1. The molecule has 4 nitrogen and oxygen atoms in total. The fraction of sp³-hybridized carbons (Fsp3) is 0.250. The van der Waals surface area contributed by atoms with E-state index in [1.807, 2.05) is 13.0 Å². The van der Waals surface area contributed by atoms with Gasteiger partial charge in [-0.2, -0.15) is 0 Å². The number of ether oxygens (including phenoxy) is 1. The molecule has 2 aromatic rings. The third-order valence-corrected chi connectivity index (χ3v) is 2.97. The molecule has 1 heterocycles. The molecule has 110 valence electrons. The maximum absolute atomic E-state index is 13.7. The SMILES string of the molecule is CCOc1ncccc1CNc1cccc(F)c1C(C)=O. The average molecular weight is 288 g/mol. The van der Waals surface area contributed by atoms with Gasteiger partial charge in [0.1, 0.15) is 5.82 Å². The zero-order chi connectivity index (χ0) is 15.2. The molecule has 0 aliphatic carbocycles. The van der Waals surface area contributed by atoms with Crippen LogP contribution in [0.1, 0.15) is 29.8 Å². The smallest absolute Gasteiger partial charge is 0.218 e. The molecule has 0 saturated carbocycles. The molecule has 2 rings (SSSR count). The number of halogens is 1. The fourth-order valence-corrected chi connectivity index (χ4v) is 2.05. The lowest BCUT2D eigenvalue weighted by molar-refractivity contribution is 0.101. The number of nitrogens with one attached hydrogen (secondary N) is 1. The van der Waals surface area contributed by atoms with E-state index in [0.29, 0.717) is 24.7 Å². The Balaban J connectivity index is 2.21. The highest BCUT2D eigenvalue weighted by Gasteiger charge is 2.13. The van der Waals surface area contributed by atoms with Crippen molar-refractivity contribution in [3.63, 3.8) is 0 Å². The van der Waals surface area contributed by atoms with Gasteiger partial charge in [0, 0.05) is 24.0 Å². The molecule has 0 aliphatic rings. The van der Waals surface area contributed by atoms with Crippen molar-refractivity contribution in [1.82, 2.24) is 4.98 Å². The second-order valence-electron chi connectivity index (χ2n) is 4.47. The standard InChI is InChI=1S/C16H17FN2O2/c1-3-21-16-12(6-5-9-18-16)10-19-14-8-4-7-13(17)15(14)11(2)20/h4-9,19H,3,10H2,1-2H3. The number of aromatic nitrogens is 1. The zero-order valence-electron chi connectivity index (χ0n) is 12.0. The van der Waals surface area contributed by atoms with Crippen molar-refractivity contribution < 1.29 is 13.9 Å². The number of nitrogens with zero attached hydrogens (tertiary/aromatic N) is 1. The van der Waals surface area contributed by atoms with Gasteiger partial charge in [0.25, 0.3) is 0 Å². The topological polar surface area (TPSA) is 51.2 Å². The molecule has 5 heteroatoms. The summed E-state index contributed by atoms with van der Waals surface area (Å²) in [6.45, 7) is 4.14. The normalized spacial score (nSPS) is 10.2. The van der Waals surface area contributed by atoms with Crippen LogP contribution in [0.5, 0.6) is 5.88 Å². The number of carbonyl (C=O) groups excluding carboxylic acids is 1. The van der Waals surface area contributed by atoms with Crippen molar-refractivity contribution in [2.45, 2.75) is 20.4 Å². The number of pyridine rings is 1. The summed E-state index contributed by atoms with van der Waals surface area (Å²) in [4.78, 5) is 15.7. The second-order valence-corrected chi connectivity index (χ2v) is 4.47. The highest BCUT2D eigenvalue weighted by Crippen LogP contribution is 2.22. The van der Waals surface area contributed by atoms with Gasteiger partial charge < -0.3 is 10.1 Å². The molecule has 0 radical (unpaired) electrons. The number of Topliss-reactive ketones (excluding diaryl/α,β-unsaturated/α-hetero) is 1. The fourth-order valence-electron chi connectivity index (χ4n) is 2.05. The van der Waals surface area contributed by atoms with Crippen molar-refractivity contribution in [3.05, 3.63) is 53.5 Å². The Morgan fingerprint density at radius 3 is 2.86 bits per heavy atom. The summed E-state index contributed by atoms with van der Waals surface area (Å²) >= 11 is 0. The van der Waals surface area contributed by atoms with Gasteiger partial charge in [-0.3, -0.25) is 4.79 Å². The quantitative estimate of drug-likeness (QED) is 0.827. The Hall–Kier alpha value is -2.43. The van der Waals surface area contributed by atoms with E-state index in [1.54, 1.807) is 24.4 Å². The van der Waals surface area contributed by atoms with E-state index in [4.69, 9.17) is 4.74 Å². The van der Waals surface area contributed by atoms with Crippen molar-refractivity contribution in [3.8, 4) is 5.88 Å². The van der Waals surface area contributed by atoms with Crippen LogP contribution in [-0.4, -0.2) is 17.4 Å². The predicted molar refractivity (Wildman–Crippen MR) is 79.1 cm³/mol. The van der Waals surface area contributed by atoms with Crippen molar-refractivity contribution in [1.29, 1.82) is 0 Å². The number of carbonyl (C=O) groups is 1. The lowest BCUT2D eigenvalue weighted by Crippen LogP contribution is -2.08. The minimum Gasteiger partial charge on any atom is -0.478 e. The Labute approximate surface area is 123 Å². The van der Waals surface area contributed by atoms with E-state index in [9.17, 15) is 9.18 Å². The van der Waals surface area contributed by atoms with E-state index >= 15 is 0 Å². The number of hydrogen-bond acceptors (Lipinski definition) is 4. The number of benzene rings is 1. The average Bonchev–Trinajstić information content (AvgIpc) is 2.46. The summed E-state index contributed by atoms with van der Waals surface area (Å²) in [5.74, 6) is -0.302. The molecule has 0 bridgehead atoms. The van der Waals surface area contributed by atoms with Gasteiger partial charge in [0.15, 0.2) is 5.78 Å². The molecule has 0 fully saturated rings. The first kappa shape index (κ1) is 15.0. The Morgan fingerprint density at radius 2 is 2.14 bits per heavy atom. The summed E-state index contributed by atoms with van der Waals surface area (Å²) in [6.07, 6.45) is 1.65. The minimum absolute atomic E-state index is 0.0688. The molecule has 1 N–H and O–H groups in total. The molecule has 0 unspecified atom stereocenters. The van der Waals surface area contributed by atoms with Crippen LogP contribution in [0.4, 0.5) is 10.1 Å². The lowest BCUT2D eigenvalue weighted by atomic mass is 10.1. The first-order valence-corrected chi connectivity index (χ1v) is 6.73. The predicted octanol–water partition coefficient (Wildman–Crippen LogP) is 3.43. The molecule has 0 aliphatic heterocycles. The van der Waals surface area contributed by atoms with E-state index in [-0.39, 0.29) is 11.3 Å². The van der Waals surface area contributed by atoms with E-state index in [0.717, 1.165) is 5.56 Å². The maximum Gasteiger partial charge on any atom is 0.218 e. The molecule has 0 atom stereocenters. The molecule has 1 aromatic carbocycles. The molecular formula is C16H17FN2O2. The second kappa shape index (κ2) is 6.83. The summed E-state index contributed by atoms with van der Waals surface area (Å²) in [5.41, 5.74) is 1.38. The van der Waals surface area contributed by atoms with Crippen LogP contribution >= 0.6 is 0 Å². The molecule has 0 spiro atoms. The largest absolute Gasteiger partial charge is 0.478 e. The Bertz CT molecular complexity index is 644. The number of anilines is 1. The van der Waals surface area contributed by atoms with Gasteiger partial charge in [0.2, 0.25) is 5.88 Å². The highest BCUT2D eigenvalue weighted by atomic mass is 19.1. The lowest BCUT2D eigenvalue weighted by Gasteiger charge is -2.13. The van der Waals surface area contributed by atoms with E-state index < -0.39 is 5.82 Å². The minimum atomic E-state index is -0.524. The first-order chi connectivity index (χ1) is 10.1. The summed E-state index contributed by atoms with van der Waals surface area (Å²) in [5, 5.41) is 3.07. The molecule has 21 heavy (non-hydrogen) atoms. The van der Waals surface area contributed by atoms with Crippen LogP contribution in [-0.2, 0) is 6.54 Å². The zero-order valence-corrected chi connectivity index (χ0v) is 12.0. The Kier molecular flexibility index (Phi) is 4.87. The Morgan fingerprint density at radius 1 is 1.33 bits per heavy atom. The van der Waals surface area contributed by atoms with Crippen molar-refractivity contribution in [2.24, 2.45) is 0 Å². The summed E-state index contributed by atoms with van der Waals surface area (Å²) in [6, 6.07) is 8.19. The van der Waals surface area contributed by atoms with Crippen LogP contribution < -0.4 is 10.1 Å². The first-order valence-electron chi connectivity index (χ1n) is 6.73. The van der Waals surface area contributed by atoms with Crippen LogP contribution in [0.25, 0.3) is 0 Å². The summed E-state index contributed by atoms with van der Waals surface area (Å²) < 4.78 is 19.2. The number of rotatable bonds is 6. The maximum atomic E-state index is 13.7. The molecule has 0 amide bonds. The van der Waals surface area contributed by atoms with Crippen molar-refractivity contribution in [2.75, 3.05) is 11.9 Å². The van der Waals surface area contributed by atoms with E-state index in [1.165, 1.54) is 13.0 Å². The third-order valence-electron chi connectivity index (χ3n) is 2.97. The van der Waals surface area contributed by atoms with Gasteiger partial charge in [0.05, 0.1) is 12.2 Å². The molecule has 1 aromatic heterocycles. The van der Waals surface area contributed by atoms with Crippen LogP contribution in [0.15, 0.2) is 36.5 Å². The van der Waals surface area contributed by atoms with Gasteiger partial charge in [-0.25, -0.2) is 9.37 Å². The third kappa shape index (κ3) is 3.56. The van der Waals surface area contributed by atoms with Crippen LogP contribution in [0.2, 0.25) is 0 Å². The highest BCUT2D eigenvalue weighted by molar-refractivity contribution is 5.99. The molecular weight excluding hydrogens is 271 g/mol. The van der Waals surface area contributed by atoms with Gasteiger partial charge in [-0.15, -0.1) is 0 Å². The van der Waals surface area contributed by atoms with Crippen LogP contribution in [0, 0.1) is 5.82 Å². The van der Waals surface area contributed by atoms with Crippen LogP contribution in [0.3, 0.4) is 0 Å². The van der Waals surface area contributed by atoms with Gasteiger partial charge in [-0.05, 0) is 32.0 Å².